The van der Waals surface area contributed by atoms with Crippen LogP contribution in [0.2, 0.25) is 0 Å². The van der Waals surface area contributed by atoms with Gasteiger partial charge < -0.3 is 10.2 Å². The molecule has 1 amide bonds. The highest BCUT2D eigenvalue weighted by atomic mass is 16.1. The molecule has 1 aromatic carbocycles. The minimum Gasteiger partial charge on any atom is -0.326 e. The minimum atomic E-state index is -0.0131. The highest BCUT2D eigenvalue weighted by molar-refractivity contribution is 5.88. The van der Waals surface area contributed by atoms with E-state index in [1.54, 1.807) is 6.92 Å². The van der Waals surface area contributed by atoms with Gasteiger partial charge in [-0.2, -0.15) is 0 Å². The average Bonchev–Trinajstić information content (AvgIpc) is 2.35. The average molecular weight is 274 g/mol. The largest absolute Gasteiger partial charge is 0.326 e. The Hall–Kier alpha value is -1.35. The summed E-state index contributed by atoms with van der Waals surface area (Å²) in [4.78, 5) is 13.7. The third-order valence-corrected chi connectivity index (χ3v) is 3.91. The van der Waals surface area contributed by atoms with Gasteiger partial charge in [-0.05, 0) is 42.4 Å². The Morgan fingerprint density at radius 3 is 2.65 bits per heavy atom. The Balaban J connectivity index is 1.88. The predicted octanol–water partition coefficient (Wildman–Crippen LogP) is 3.17. The topological polar surface area (TPSA) is 32.3 Å². The minimum absolute atomic E-state index is 0.0131. The zero-order valence-corrected chi connectivity index (χ0v) is 12.9. The molecule has 0 radical (unpaired) electrons. The van der Waals surface area contributed by atoms with Crippen LogP contribution < -0.4 is 5.32 Å². The van der Waals surface area contributed by atoms with Gasteiger partial charge in [-0.3, -0.25) is 4.79 Å². The maximum Gasteiger partial charge on any atom is 0.221 e. The van der Waals surface area contributed by atoms with Crippen molar-refractivity contribution in [1.82, 2.24) is 4.90 Å². The molecule has 1 fully saturated rings. The van der Waals surface area contributed by atoms with Crippen molar-refractivity contribution in [3.63, 3.8) is 0 Å². The van der Waals surface area contributed by atoms with E-state index in [1.807, 2.05) is 12.1 Å². The second kappa shape index (κ2) is 6.89. The first kappa shape index (κ1) is 15.0. The van der Waals surface area contributed by atoms with Gasteiger partial charge >= 0.3 is 0 Å². The lowest BCUT2D eigenvalue weighted by molar-refractivity contribution is -0.114. The number of rotatable bonds is 4. The molecule has 20 heavy (non-hydrogen) atoms. The monoisotopic (exact) mass is 274 g/mol. The van der Waals surface area contributed by atoms with Gasteiger partial charge in [0.25, 0.3) is 0 Å². The van der Waals surface area contributed by atoms with E-state index in [0.29, 0.717) is 0 Å². The van der Waals surface area contributed by atoms with E-state index in [4.69, 9.17) is 0 Å². The van der Waals surface area contributed by atoms with E-state index in [0.717, 1.165) is 30.5 Å². The van der Waals surface area contributed by atoms with Crippen LogP contribution in [-0.2, 0) is 11.2 Å². The number of carbonyl (C=O) groups excluding carboxylic acids is 1. The SMILES string of the molecule is CC(=O)Nc1cccc(CCN2CC(C)CC(C)C2)c1. The summed E-state index contributed by atoms with van der Waals surface area (Å²) in [5.41, 5.74) is 2.19. The van der Waals surface area contributed by atoms with Gasteiger partial charge in [-0.1, -0.05) is 26.0 Å². The molecule has 0 bridgehead atoms. The first-order valence-electron chi connectivity index (χ1n) is 7.62. The number of nitrogens with zero attached hydrogens (tertiary/aromatic N) is 1. The van der Waals surface area contributed by atoms with Crippen molar-refractivity contribution in [2.75, 3.05) is 25.0 Å². The molecular formula is C17H26N2O. The summed E-state index contributed by atoms with van der Waals surface area (Å²) in [5.74, 6) is 1.61. The van der Waals surface area contributed by atoms with Crippen LogP contribution in [-0.4, -0.2) is 30.4 Å². The lowest BCUT2D eigenvalue weighted by Gasteiger charge is -2.35. The van der Waals surface area contributed by atoms with Crippen LogP contribution in [0.25, 0.3) is 0 Å². The van der Waals surface area contributed by atoms with Gasteiger partial charge in [0.2, 0.25) is 5.91 Å². The lowest BCUT2D eigenvalue weighted by Crippen LogP contribution is -2.39. The first-order chi connectivity index (χ1) is 9.52. The Bertz CT molecular complexity index is 448. The van der Waals surface area contributed by atoms with Crippen LogP contribution in [0, 0.1) is 11.8 Å². The van der Waals surface area contributed by atoms with Gasteiger partial charge in [0.15, 0.2) is 0 Å². The summed E-state index contributed by atoms with van der Waals surface area (Å²) in [6, 6.07) is 8.18. The van der Waals surface area contributed by atoms with E-state index in [-0.39, 0.29) is 5.91 Å². The second-order valence-electron chi connectivity index (χ2n) is 6.34. The molecule has 3 heteroatoms. The molecule has 2 rings (SSSR count). The predicted molar refractivity (Wildman–Crippen MR) is 83.8 cm³/mol. The molecule has 3 nitrogen and oxygen atoms in total. The molecule has 1 aliphatic heterocycles. The maximum atomic E-state index is 11.1. The number of nitrogens with one attached hydrogen (secondary N) is 1. The zero-order chi connectivity index (χ0) is 14.5. The third kappa shape index (κ3) is 4.64. The lowest BCUT2D eigenvalue weighted by atomic mass is 9.91. The fourth-order valence-corrected chi connectivity index (χ4v) is 3.27. The van der Waals surface area contributed by atoms with Crippen molar-refractivity contribution in [2.24, 2.45) is 11.8 Å². The van der Waals surface area contributed by atoms with Gasteiger partial charge in [0.1, 0.15) is 0 Å². The van der Waals surface area contributed by atoms with E-state index in [9.17, 15) is 4.79 Å². The molecule has 0 aromatic heterocycles. The molecule has 1 aliphatic rings. The third-order valence-electron chi connectivity index (χ3n) is 3.91. The molecule has 1 N–H and O–H groups in total. The van der Waals surface area contributed by atoms with E-state index < -0.39 is 0 Å². The summed E-state index contributed by atoms with van der Waals surface area (Å²) in [6.07, 6.45) is 2.40. The van der Waals surface area contributed by atoms with Crippen LogP contribution in [0.5, 0.6) is 0 Å². The van der Waals surface area contributed by atoms with Crippen LogP contribution >= 0.6 is 0 Å². The number of anilines is 1. The highest BCUT2D eigenvalue weighted by Crippen LogP contribution is 2.21. The summed E-state index contributed by atoms with van der Waals surface area (Å²) in [7, 11) is 0. The van der Waals surface area contributed by atoms with Crippen molar-refractivity contribution in [1.29, 1.82) is 0 Å². The smallest absolute Gasteiger partial charge is 0.221 e. The molecule has 0 saturated carbocycles. The Morgan fingerprint density at radius 1 is 1.30 bits per heavy atom. The molecule has 1 heterocycles. The van der Waals surface area contributed by atoms with Crippen LogP contribution in [0.4, 0.5) is 5.69 Å². The number of benzene rings is 1. The summed E-state index contributed by atoms with van der Waals surface area (Å²) in [5, 5.41) is 2.84. The molecule has 2 unspecified atom stereocenters. The van der Waals surface area contributed by atoms with Gasteiger partial charge in [-0.25, -0.2) is 0 Å². The molecule has 2 atom stereocenters. The quantitative estimate of drug-likeness (QED) is 0.914. The molecule has 1 saturated heterocycles. The van der Waals surface area contributed by atoms with Crippen LogP contribution in [0.1, 0.15) is 32.8 Å². The standard InChI is InChI=1S/C17H26N2O/c1-13-9-14(2)12-19(11-13)8-7-16-5-4-6-17(10-16)18-15(3)20/h4-6,10,13-14H,7-9,11-12H2,1-3H3,(H,18,20). The van der Waals surface area contributed by atoms with E-state index >= 15 is 0 Å². The zero-order valence-electron chi connectivity index (χ0n) is 12.9. The normalized spacial score (nSPS) is 23.6. The number of likely N-dealkylation sites (tertiary alicyclic amines) is 1. The Morgan fingerprint density at radius 2 is 2.00 bits per heavy atom. The number of carbonyl (C=O) groups is 1. The van der Waals surface area contributed by atoms with Gasteiger partial charge in [-0.15, -0.1) is 0 Å². The first-order valence-corrected chi connectivity index (χ1v) is 7.62. The second-order valence-corrected chi connectivity index (χ2v) is 6.34. The molecule has 0 spiro atoms. The van der Waals surface area contributed by atoms with Crippen molar-refractivity contribution >= 4 is 11.6 Å². The number of hydrogen-bond donors (Lipinski definition) is 1. The van der Waals surface area contributed by atoms with Crippen LogP contribution in [0.15, 0.2) is 24.3 Å². The number of piperidine rings is 1. The maximum absolute atomic E-state index is 11.1. The molecule has 110 valence electrons. The molecule has 1 aromatic rings. The van der Waals surface area contributed by atoms with Gasteiger partial charge in [0, 0.05) is 32.2 Å². The Labute approximate surface area is 122 Å². The molecular weight excluding hydrogens is 248 g/mol. The number of hydrogen-bond acceptors (Lipinski definition) is 2. The van der Waals surface area contributed by atoms with E-state index in [1.165, 1.54) is 25.1 Å². The van der Waals surface area contributed by atoms with Crippen molar-refractivity contribution in [2.45, 2.75) is 33.6 Å². The highest BCUT2D eigenvalue weighted by Gasteiger charge is 2.21. The molecule has 0 aliphatic carbocycles. The fourth-order valence-electron chi connectivity index (χ4n) is 3.27. The van der Waals surface area contributed by atoms with Crippen molar-refractivity contribution < 1.29 is 4.79 Å². The van der Waals surface area contributed by atoms with Crippen LogP contribution in [0.3, 0.4) is 0 Å². The summed E-state index contributed by atoms with van der Waals surface area (Å²) < 4.78 is 0. The fraction of sp³-hybridized carbons (Fsp3) is 0.588. The van der Waals surface area contributed by atoms with E-state index in [2.05, 4.69) is 36.2 Å². The summed E-state index contributed by atoms with van der Waals surface area (Å²) in [6.45, 7) is 9.78. The Kier molecular flexibility index (Phi) is 5.18. The van der Waals surface area contributed by atoms with Crippen molar-refractivity contribution in [3.05, 3.63) is 29.8 Å². The number of amides is 1. The van der Waals surface area contributed by atoms with Crippen molar-refractivity contribution in [3.8, 4) is 0 Å². The summed E-state index contributed by atoms with van der Waals surface area (Å²) >= 11 is 0. The van der Waals surface area contributed by atoms with Gasteiger partial charge in [0.05, 0.1) is 0 Å².